The molecule has 2 amide bonds. The van der Waals surface area contributed by atoms with Gasteiger partial charge in [-0.3, -0.25) is 24.1 Å². The Morgan fingerprint density at radius 1 is 1.14 bits per heavy atom. The predicted octanol–water partition coefficient (Wildman–Crippen LogP) is 0.533. The average molecular weight is 579 g/mol. The van der Waals surface area contributed by atoms with Crippen LogP contribution in [0.4, 0.5) is 5.69 Å². The molecule has 0 radical (unpaired) electrons. The molecule has 4 aliphatic rings. The summed E-state index contributed by atoms with van der Waals surface area (Å²) < 4.78 is 0. The summed E-state index contributed by atoms with van der Waals surface area (Å²) in [5.41, 5.74) is 3.58. The van der Waals surface area contributed by atoms with Gasteiger partial charge in [0.05, 0.1) is 11.6 Å². The van der Waals surface area contributed by atoms with Crippen LogP contribution in [0.1, 0.15) is 29.5 Å². The van der Waals surface area contributed by atoms with Gasteiger partial charge < -0.3 is 36.4 Å². The van der Waals surface area contributed by atoms with Crippen LogP contribution >= 0.6 is 0 Å². The minimum absolute atomic E-state index is 0.000345. The summed E-state index contributed by atoms with van der Waals surface area (Å²) in [4.78, 5) is 55.3. The lowest BCUT2D eigenvalue weighted by Gasteiger charge is -2.50. The lowest BCUT2D eigenvalue weighted by atomic mass is 9.57. The molecule has 7 N–H and O–H groups in total. The van der Waals surface area contributed by atoms with Gasteiger partial charge in [-0.05, 0) is 50.9 Å². The number of aliphatic hydroxyl groups excluding tert-OH is 2. The first-order valence-electron chi connectivity index (χ1n) is 13.5. The molecule has 1 aromatic carbocycles. The molecule has 1 fully saturated rings. The van der Waals surface area contributed by atoms with Crippen LogP contribution < -0.4 is 16.0 Å². The van der Waals surface area contributed by atoms with E-state index in [-0.39, 0.29) is 47.7 Å². The Kier molecular flexibility index (Phi) is 7.02. The summed E-state index contributed by atoms with van der Waals surface area (Å²) in [6.45, 7) is -0.0692. The van der Waals surface area contributed by atoms with Crippen LogP contribution in [0.2, 0.25) is 0 Å². The van der Waals surface area contributed by atoms with Crippen molar-refractivity contribution in [3.05, 3.63) is 63.5 Å². The number of nitrogens with zero attached hydrogens (tertiary/aromatic N) is 2. The number of primary amides is 1. The molecule has 4 aliphatic carbocycles. The lowest BCUT2D eigenvalue weighted by molar-refractivity contribution is -0.153. The zero-order valence-electron chi connectivity index (χ0n) is 23.8. The molecule has 0 bridgehead atoms. The second kappa shape index (κ2) is 10.1. The molecule has 5 rings (SSSR count). The Balaban J connectivity index is 1.64. The van der Waals surface area contributed by atoms with Crippen molar-refractivity contribution in [2.75, 3.05) is 33.1 Å². The second-order valence-electron chi connectivity index (χ2n) is 11.6. The first-order chi connectivity index (χ1) is 19.7. The number of phenolic OH excluding ortho intramolecular Hbond substituents is 1. The first-order valence-corrected chi connectivity index (χ1v) is 13.5. The number of anilines is 1. The number of nitrogens with one attached hydrogen (secondary N) is 1. The number of rotatable bonds is 6. The van der Waals surface area contributed by atoms with E-state index >= 15 is 0 Å². The molecule has 4 atom stereocenters. The quantitative estimate of drug-likeness (QED) is 0.259. The number of phenols is 1. The molecule has 0 heterocycles. The third kappa shape index (κ3) is 4.12. The molecular formula is C30H34N4O8. The van der Waals surface area contributed by atoms with Gasteiger partial charge >= 0.3 is 0 Å². The van der Waals surface area contributed by atoms with Crippen LogP contribution in [-0.4, -0.2) is 88.5 Å². The van der Waals surface area contributed by atoms with Crippen molar-refractivity contribution in [2.45, 2.75) is 37.5 Å². The first kappa shape index (κ1) is 29.1. The van der Waals surface area contributed by atoms with E-state index in [0.717, 1.165) is 0 Å². The van der Waals surface area contributed by atoms with Crippen molar-refractivity contribution in [3.63, 3.8) is 0 Å². The molecular weight excluding hydrogens is 544 g/mol. The highest BCUT2D eigenvalue weighted by Crippen LogP contribution is 2.54. The Bertz CT molecular complexity index is 1570. The molecule has 0 aliphatic heterocycles. The molecule has 12 heteroatoms. The number of likely N-dealkylation sites (N-methyl/N-ethyl adjacent to an activating group) is 1. The van der Waals surface area contributed by atoms with Gasteiger partial charge in [-0.15, -0.1) is 0 Å². The van der Waals surface area contributed by atoms with Gasteiger partial charge in [0.25, 0.3) is 5.91 Å². The van der Waals surface area contributed by atoms with E-state index in [2.05, 4.69) is 5.32 Å². The number of Topliss-reactive ketones (excluding diaryl/α,β-unsaturated/α-hetero) is 2. The van der Waals surface area contributed by atoms with E-state index in [1.165, 1.54) is 4.90 Å². The Morgan fingerprint density at radius 3 is 2.40 bits per heavy atom. The monoisotopic (exact) mass is 578 g/mol. The van der Waals surface area contributed by atoms with Gasteiger partial charge in [-0.1, -0.05) is 18.2 Å². The molecule has 1 saturated carbocycles. The zero-order valence-corrected chi connectivity index (χ0v) is 23.8. The smallest absolute Gasteiger partial charge is 0.255 e. The molecule has 12 nitrogen and oxygen atoms in total. The number of nitrogens with two attached hydrogens (primary N) is 1. The third-order valence-corrected chi connectivity index (χ3v) is 8.76. The topological polar surface area (TPSA) is 194 Å². The molecule has 0 spiro atoms. The van der Waals surface area contributed by atoms with Crippen molar-refractivity contribution in [3.8, 4) is 5.75 Å². The molecule has 222 valence electrons. The lowest BCUT2D eigenvalue weighted by Crippen LogP contribution is -2.65. The van der Waals surface area contributed by atoms with Gasteiger partial charge in [-0.2, -0.15) is 0 Å². The normalized spacial score (nSPS) is 26.6. The predicted molar refractivity (Wildman–Crippen MR) is 152 cm³/mol. The highest BCUT2D eigenvalue weighted by Gasteiger charge is 2.64. The number of carbonyl (C=O) groups is 4. The maximum atomic E-state index is 14.1. The fraction of sp³-hybridized carbons (Fsp3) is 0.400. The van der Waals surface area contributed by atoms with E-state index in [4.69, 9.17) is 5.73 Å². The van der Waals surface area contributed by atoms with Crippen molar-refractivity contribution in [2.24, 2.45) is 17.6 Å². The number of benzene rings is 1. The van der Waals surface area contributed by atoms with Crippen LogP contribution in [0.5, 0.6) is 5.75 Å². The number of aliphatic hydroxyl groups is 3. The number of ketones is 2. The summed E-state index contributed by atoms with van der Waals surface area (Å²) in [6, 6.07) is 0.551. The van der Waals surface area contributed by atoms with Crippen LogP contribution in [0.3, 0.4) is 0 Å². The SMILES string of the molecule is CN(C)c1cc(CNC(=O)C2=CC=CC2)c(O)c2c1C[C@@H]1C[C@@H]3C(N(C)C)C(=O)C(C(N)=O)=C(O)[C@]3(O)C(=O)C1=C2O. The number of hydrogen-bond acceptors (Lipinski definition) is 10. The fourth-order valence-electron chi connectivity index (χ4n) is 6.78. The highest BCUT2D eigenvalue weighted by atomic mass is 16.3. The van der Waals surface area contributed by atoms with E-state index in [1.807, 2.05) is 6.08 Å². The summed E-state index contributed by atoms with van der Waals surface area (Å²) in [6.07, 6.45) is 5.98. The Labute approximate surface area is 242 Å². The molecule has 1 unspecified atom stereocenters. The summed E-state index contributed by atoms with van der Waals surface area (Å²) in [7, 11) is 6.66. The number of allylic oxidation sites excluding steroid dienone is 3. The van der Waals surface area contributed by atoms with Gasteiger partial charge in [0.15, 0.2) is 11.4 Å². The summed E-state index contributed by atoms with van der Waals surface area (Å²) >= 11 is 0. The van der Waals surface area contributed by atoms with Crippen molar-refractivity contribution < 1.29 is 39.6 Å². The number of amides is 2. The zero-order chi connectivity index (χ0) is 30.8. The largest absolute Gasteiger partial charge is 0.508 e. The minimum Gasteiger partial charge on any atom is -0.508 e. The standard InChI is InChI=1S/C30H34N4O8/c1-33(2)18-11-15(12-32-29(41)13-7-5-6-8-13)23(35)20-16(18)9-14-10-17-22(34(3)4)25(37)21(28(31)40)27(39)30(17,42)26(38)19(14)24(20)36/h5-7,11,14,17,22,35-36,39,42H,8-10,12H2,1-4H3,(H2,31,40)(H,32,41)/t14-,17-,22?,30-/m1/s1. The van der Waals surface area contributed by atoms with Crippen molar-refractivity contribution >= 4 is 34.8 Å². The van der Waals surface area contributed by atoms with Gasteiger partial charge in [0, 0.05) is 49.0 Å². The second-order valence-corrected chi connectivity index (χ2v) is 11.6. The van der Waals surface area contributed by atoms with E-state index in [1.54, 1.807) is 51.3 Å². The highest BCUT2D eigenvalue weighted by molar-refractivity contribution is 6.24. The van der Waals surface area contributed by atoms with Gasteiger partial charge in [-0.25, -0.2) is 0 Å². The fourth-order valence-corrected chi connectivity index (χ4v) is 6.78. The van der Waals surface area contributed by atoms with E-state index in [0.29, 0.717) is 23.2 Å². The molecule has 0 aromatic heterocycles. The average Bonchev–Trinajstić information content (AvgIpc) is 3.45. The maximum absolute atomic E-state index is 14.1. The van der Waals surface area contributed by atoms with Crippen LogP contribution in [0, 0.1) is 11.8 Å². The van der Waals surface area contributed by atoms with Crippen LogP contribution in [-0.2, 0) is 32.1 Å². The maximum Gasteiger partial charge on any atom is 0.255 e. The molecule has 0 saturated heterocycles. The van der Waals surface area contributed by atoms with E-state index < -0.39 is 58.0 Å². The number of carbonyl (C=O) groups excluding carboxylic acids is 4. The van der Waals surface area contributed by atoms with Gasteiger partial charge in [0.1, 0.15) is 22.8 Å². The Hall–Kier alpha value is -4.42. The van der Waals surface area contributed by atoms with E-state index in [9.17, 15) is 39.6 Å². The molecule has 42 heavy (non-hydrogen) atoms. The summed E-state index contributed by atoms with van der Waals surface area (Å²) in [5, 5.41) is 48.5. The van der Waals surface area contributed by atoms with Crippen LogP contribution in [0.25, 0.3) is 5.76 Å². The van der Waals surface area contributed by atoms with Gasteiger partial charge in [0.2, 0.25) is 11.7 Å². The number of hydrogen-bond donors (Lipinski definition) is 6. The Morgan fingerprint density at radius 2 is 1.83 bits per heavy atom. The summed E-state index contributed by atoms with van der Waals surface area (Å²) in [5.74, 6) is -7.37. The number of aromatic hydroxyl groups is 1. The van der Waals surface area contributed by atoms with Crippen LogP contribution in [0.15, 0.2) is 46.8 Å². The number of fused-ring (bicyclic) bond motifs is 3. The third-order valence-electron chi connectivity index (χ3n) is 8.76. The van der Waals surface area contributed by atoms with Crippen molar-refractivity contribution in [1.82, 2.24) is 10.2 Å². The van der Waals surface area contributed by atoms with Crippen molar-refractivity contribution in [1.29, 1.82) is 0 Å². The molecule has 1 aromatic rings. The minimum atomic E-state index is -2.71.